The zero-order chi connectivity index (χ0) is 21.8. The quantitative estimate of drug-likeness (QED) is 0.181. The standard InChI is InChI=1S/C23H48O7/c1-3-5-7-9-11-25-13-15-27-17-19-29-21-23-30-22-20-28-18-16-26-14-12-24-10-8-6-4-2/h3-23H2,1-2H3. The average Bonchev–Trinajstić information content (AvgIpc) is 2.76. The highest BCUT2D eigenvalue weighted by molar-refractivity contribution is 4.40. The van der Waals surface area contributed by atoms with Crippen molar-refractivity contribution in [2.45, 2.75) is 58.8 Å². The van der Waals surface area contributed by atoms with Gasteiger partial charge in [-0.15, -0.1) is 0 Å². The molecule has 0 aliphatic heterocycles. The maximum atomic E-state index is 5.51. The van der Waals surface area contributed by atoms with Crippen LogP contribution in [0, 0.1) is 0 Å². The second-order valence-electron chi connectivity index (χ2n) is 7.05. The highest BCUT2D eigenvalue weighted by atomic mass is 16.6. The van der Waals surface area contributed by atoms with Crippen molar-refractivity contribution < 1.29 is 33.2 Å². The fourth-order valence-electron chi connectivity index (χ4n) is 2.51. The zero-order valence-corrected chi connectivity index (χ0v) is 19.7. The first-order chi connectivity index (χ1) is 14.9. The molecular weight excluding hydrogens is 388 g/mol. The summed E-state index contributed by atoms with van der Waals surface area (Å²) in [5.41, 5.74) is 0. The minimum Gasteiger partial charge on any atom is -0.379 e. The summed E-state index contributed by atoms with van der Waals surface area (Å²) in [6.07, 6.45) is 8.53. The normalized spacial score (nSPS) is 11.4. The molecule has 0 saturated heterocycles. The summed E-state index contributed by atoms with van der Waals surface area (Å²) in [5, 5.41) is 0. The van der Waals surface area contributed by atoms with Gasteiger partial charge >= 0.3 is 0 Å². The van der Waals surface area contributed by atoms with Crippen molar-refractivity contribution >= 4 is 0 Å². The van der Waals surface area contributed by atoms with E-state index in [2.05, 4.69) is 13.8 Å². The maximum absolute atomic E-state index is 5.51. The van der Waals surface area contributed by atoms with Crippen LogP contribution < -0.4 is 0 Å². The van der Waals surface area contributed by atoms with Gasteiger partial charge in [0.25, 0.3) is 0 Å². The summed E-state index contributed by atoms with van der Waals surface area (Å²) in [6.45, 7) is 13.2. The van der Waals surface area contributed by atoms with Crippen LogP contribution in [0.4, 0.5) is 0 Å². The van der Waals surface area contributed by atoms with Gasteiger partial charge in [-0.2, -0.15) is 0 Å². The van der Waals surface area contributed by atoms with Gasteiger partial charge in [-0.3, -0.25) is 0 Å². The van der Waals surface area contributed by atoms with Crippen LogP contribution in [-0.2, 0) is 33.2 Å². The molecule has 182 valence electrons. The van der Waals surface area contributed by atoms with Crippen LogP contribution in [0.2, 0.25) is 0 Å². The van der Waals surface area contributed by atoms with Crippen LogP contribution in [0.25, 0.3) is 0 Å². The Morgan fingerprint density at radius 3 is 0.800 bits per heavy atom. The lowest BCUT2D eigenvalue weighted by molar-refractivity contribution is -0.0206. The fourth-order valence-corrected chi connectivity index (χ4v) is 2.51. The van der Waals surface area contributed by atoms with Crippen molar-refractivity contribution in [3.63, 3.8) is 0 Å². The molecule has 0 aromatic rings. The van der Waals surface area contributed by atoms with Gasteiger partial charge in [0.05, 0.1) is 79.3 Å². The van der Waals surface area contributed by atoms with Gasteiger partial charge in [-0.05, 0) is 12.8 Å². The third kappa shape index (κ3) is 27.7. The van der Waals surface area contributed by atoms with E-state index in [9.17, 15) is 0 Å². The Bertz CT molecular complexity index is 265. The molecule has 7 heteroatoms. The number of ether oxygens (including phenoxy) is 7. The second-order valence-corrected chi connectivity index (χ2v) is 7.05. The lowest BCUT2D eigenvalue weighted by Gasteiger charge is -2.08. The SMILES string of the molecule is CCCCCCOCCOCCOCCOCCOCCOCCOCCCCC. The van der Waals surface area contributed by atoms with Crippen LogP contribution in [0.5, 0.6) is 0 Å². The molecule has 0 aliphatic rings. The molecule has 0 aromatic carbocycles. The molecule has 0 atom stereocenters. The Hall–Kier alpha value is -0.280. The highest BCUT2D eigenvalue weighted by Gasteiger charge is 1.95. The van der Waals surface area contributed by atoms with Crippen LogP contribution in [0.1, 0.15) is 58.8 Å². The minimum atomic E-state index is 0.565. The van der Waals surface area contributed by atoms with Gasteiger partial charge < -0.3 is 33.2 Å². The molecule has 0 aliphatic carbocycles. The highest BCUT2D eigenvalue weighted by Crippen LogP contribution is 1.98. The van der Waals surface area contributed by atoms with Crippen molar-refractivity contribution in [3.05, 3.63) is 0 Å². The third-order valence-corrected chi connectivity index (χ3v) is 4.27. The van der Waals surface area contributed by atoms with E-state index in [1.807, 2.05) is 0 Å². The van der Waals surface area contributed by atoms with Gasteiger partial charge in [-0.25, -0.2) is 0 Å². The van der Waals surface area contributed by atoms with Gasteiger partial charge in [0.2, 0.25) is 0 Å². The largest absolute Gasteiger partial charge is 0.379 e. The van der Waals surface area contributed by atoms with Crippen molar-refractivity contribution in [2.75, 3.05) is 92.5 Å². The van der Waals surface area contributed by atoms with E-state index in [4.69, 9.17) is 33.2 Å². The number of hydrogen-bond donors (Lipinski definition) is 0. The van der Waals surface area contributed by atoms with Crippen molar-refractivity contribution in [1.82, 2.24) is 0 Å². The van der Waals surface area contributed by atoms with E-state index in [0.29, 0.717) is 79.3 Å². The number of rotatable bonds is 27. The summed E-state index contributed by atoms with van der Waals surface area (Å²) in [7, 11) is 0. The molecule has 0 spiro atoms. The molecule has 0 aromatic heterocycles. The first-order valence-corrected chi connectivity index (χ1v) is 12.0. The molecule has 0 radical (unpaired) electrons. The zero-order valence-electron chi connectivity index (χ0n) is 19.7. The molecule has 0 fully saturated rings. The van der Waals surface area contributed by atoms with E-state index in [1.54, 1.807) is 0 Å². The Balaban J connectivity index is 2.97. The molecule has 0 unspecified atom stereocenters. The fraction of sp³-hybridized carbons (Fsp3) is 1.00. The average molecular weight is 437 g/mol. The monoisotopic (exact) mass is 436 g/mol. The molecule has 0 saturated carbocycles. The molecule has 0 N–H and O–H groups in total. The van der Waals surface area contributed by atoms with Crippen molar-refractivity contribution in [2.24, 2.45) is 0 Å². The maximum Gasteiger partial charge on any atom is 0.0701 e. The van der Waals surface area contributed by atoms with Crippen molar-refractivity contribution in [3.8, 4) is 0 Å². The topological polar surface area (TPSA) is 64.6 Å². The summed E-state index contributed by atoms with van der Waals surface area (Å²) in [4.78, 5) is 0. The minimum absolute atomic E-state index is 0.565. The van der Waals surface area contributed by atoms with Gasteiger partial charge in [0.1, 0.15) is 0 Å². The Kier molecular flexibility index (Phi) is 28.5. The van der Waals surface area contributed by atoms with Crippen LogP contribution in [-0.4, -0.2) is 92.5 Å². The lowest BCUT2D eigenvalue weighted by Crippen LogP contribution is -2.14. The number of unbranched alkanes of at least 4 members (excludes halogenated alkanes) is 5. The van der Waals surface area contributed by atoms with Crippen molar-refractivity contribution in [1.29, 1.82) is 0 Å². The van der Waals surface area contributed by atoms with E-state index in [0.717, 1.165) is 26.1 Å². The first-order valence-electron chi connectivity index (χ1n) is 12.0. The van der Waals surface area contributed by atoms with Gasteiger partial charge in [0, 0.05) is 13.2 Å². The van der Waals surface area contributed by atoms with Crippen LogP contribution in [0.15, 0.2) is 0 Å². The van der Waals surface area contributed by atoms with Gasteiger partial charge in [0.15, 0.2) is 0 Å². The summed E-state index contributed by atoms with van der Waals surface area (Å²) in [5.74, 6) is 0. The Morgan fingerprint density at radius 2 is 0.500 bits per heavy atom. The third-order valence-electron chi connectivity index (χ3n) is 4.27. The van der Waals surface area contributed by atoms with E-state index < -0.39 is 0 Å². The summed E-state index contributed by atoms with van der Waals surface area (Å²) in [6, 6.07) is 0. The van der Waals surface area contributed by atoms with Crippen LogP contribution >= 0.6 is 0 Å². The Morgan fingerprint density at radius 1 is 0.267 bits per heavy atom. The van der Waals surface area contributed by atoms with E-state index >= 15 is 0 Å². The molecular formula is C23H48O7. The predicted molar refractivity (Wildman–Crippen MR) is 119 cm³/mol. The first kappa shape index (κ1) is 29.7. The van der Waals surface area contributed by atoms with Gasteiger partial charge in [-0.1, -0.05) is 46.0 Å². The molecule has 7 nitrogen and oxygen atoms in total. The molecule has 30 heavy (non-hydrogen) atoms. The summed E-state index contributed by atoms with van der Waals surface area (Å²) >= 11 is 0. The molecule has 0 rings (SSSR count). The molecule has 0 heterocycles. The smallest absolute Gasteiger partial charge is 0.0701 e. The molecule has 0 amide bonds. The second kappa shape index (κ2) is 28.7. The number of hydrogen-bond acceptors (Lipinski definition) is 7. The predicted octanol–water partition coefficient (Wildman–Crippen LogP) is 3.87. The lowest BCUT2D eigenvalue weighted by atomic mass is 10.2. The molecule has 0 bridgehead atoms. The summed E-state index contributed by atoms with van der Waals surface area (Å²) < 4.78 is 38.2. The Labute approximate surface area is 185 Å². The van der Waals surface area contributed by atoms with E-state index in [-0.39, 0.29) is 0 Å². The van der Waals surface area contributed by atoms with Crippen LogP contribution in [0.3, 0.4) is 0 Å². The van der Waals surface area contributed by atoms with E-state index in [1.165, 1.54) is 32.1 Å².